The Morgan fingerprint density at radius 2 is 2.06 bits per heavy atom. The molecule has 7 heteroatoms. The zero-order valence-electron chi connectivity index (χ0n) is 8.43. The first-order valence-corrected chi connectivity index (χ1v) is 6.86. The zero-order valence-corrected chi connectivity index (χ0v) is 10.8. The van der Waals surface area contributed by atoms with Crippen LogP contribution in [-0.4, -0.2) is 25.2 Å². The van der Waals surface area contributed by atoms with Gasteiger partial charge in [-0.05, 0) is 18.2 Å². The Morgan fingerprint density at radius 1 is 1.41 bits per heavy atom. The summed E-state index contributed by atoms with van der Waals surface area (Å²) in [5, 5.41) is 8.75. The predicted octanol–water partition coefficient (Wildman–Crippen LogP) is 2.56. The van der Waals surface area contributed by atoms with Crippen LogP contribution in [0.15, 0.2) is 34.7 Å². The number of sulfone groups is 1. The summed E-state index contributed by atoms with van der Waals surface area (Å²) < 4.78 is 23.6. The van der Waals surface area contributed by atoms with E-state index >= 15 is 0 Å². The Balaban J connectivity index is 3.30. The number of hydrogen-bond acceptors (Lipinski definition) is 3. The topological polar surface area (TPSA) is 71.4 Å². The van der Waals surface area contributed by atoms with Crippen LogP contribution in [0, 0.1) is 0 Å². The van der Waals surface area contributed by atoms with Crippen molar-refractivity contribution in [3.8, 4) is 0 Å². The third kappa shape index (κ3) is 3.46. The highest BCUT2D eigenvalue weighted by atomic mass is 35.5. The molecule has 1 aromatic rings. The first-order valence-electron chi connectivity index (χ1n) is 4.39. The van der Waals surface area contributed by atoms with Gasteiger partial charge in [-0.2, -0.15) is 0 Å². The van der Waals surface area contributed by atoms with Gasteiger partial charge in [-0.1, -0.05) is 29.3 Å². The quantitative estimate of drug-likeness (QED) is 0.926. The number of halogens is 2. The molecule has 0 saturated carbocycles. The molecule has 0 fully saturated rings. The van der Waals surface area contributed by atoms with Crippen molar-refractivity contribution in [2.24, 2.45) is 0 Å². The molecule has 0 radical (unpaired) electrons. The molecule has 1 aromatic carbocycles. The lowest BCUT2D eigenvalue weighted by molar-refractivity contribution is 0.0696. The molecule has 4 nitrogen and oxygen atoms in total. The van der Waals surface area contributed by atoms with Gasteiger partial charge in [-0.3, -0.25) is 0 Å². The van der Waals surface area contributed by atoms with E-state index in [0.29, 0.717) is 0 Å². The fourth-order valence-corrected chi connectivity index (χ4v) is 2.99. The summed E-state index contributed by atoms with van der Waals surface area (Å²) in [7, 11) is -3.68. The second kappa shape index (κ2) is 5.53. The SMILES string of the molecule is O=C(O)c1ccc(Cl)c(S(=O)(=O)C/C=C/Cl)c1. The molecule has 0 aliphatic heterocycles. The van der Waals surface area contributed by atoms with Crippen LogP contribution in [0.2, 0.25) is 5.02 Å². The summed E-state index contributed by atoms with van der Waals surface area (Å²) in [4.78, 5) is 10.5. The molecule has 0 aliphatic rings. The maximum Gasteiger partial charge on any atom is 0.335 e. The maximum absolute atomic E-state index is 11.8. The van der Waals surface area contributed by atoms with Crippen LogP contribution < -0.4 is 0 Å². The Bertz CT molecular complexity index is 564. The van der Waals surface area contributed by atoms with Gasteiger partial charge in [0.05, 0.1) is 21.2 Å². The predicted molar refractivity (Wildman–Crippen MR) is 65.5 cm³/mol. The van der Waals surface area contributed by atoms with Crippen LogP contribution >= 0.6 is 23.2 Å². The molecular weight excluding hydrogens is 287 g/mol. The van der Waals surface area contributed by atoms with Gasteiger partial charge < -0.3 is 5.11 Å². The molecule has 0 heterocycles. The van der Waals surface area contributed by atoms with Crippen LogP contribution in [0.4, 0.5) is 0 Å². The number of benzene rings is 1. The van der Waals surface area contributed by atoms with E-state index in [0.717, 1.165) is 11.6 Å². The number of aromatic carboxylic acids is 1. The molecule has 0 bridgehead atoms. The van der Waals surface area contributed by atoms with Gasteiger partial charge in [0, 0.05) is 5.54 Å². The molecule has 0 amide bonds. The van der Waals surface area contributed by atoms with E-state index in [1.54, 1.807) is 0 Å². The minimum absolute atomic E-state index is 0.0158. The van der Waals surface area contributed by atoms with Crippen molar-refractivity contribution >= 4 is 39.0 Å². The lowest BCUT2D eigenvalue weighted by Crippen LogP contribution is -2.07. The first-order chi connectivity index (χ1) is 7.88. The fourth-order valence-electron chi connectivity index (χ4n) is 1.13. The standard InChI is InChI=1S/C10H8Cl2O4S/c11-4-1-5-17(15,16)9-6-7(10(13)14)2-3-8(9)12/h1-4,6H,5H2,(H,13,14)/b4-1+. The number of carboxylic acid groups (broad SMARTS) is 1. The molecule has 0 atom stereocenters. The summed E-state index contributed by atoms with van der Waals surface area (Å²) >= 11 is 11.0. The second-order valence-corrected chi connectivity index (χ2v) is 5.76. The highest BCUT2D eigenvalue weighted by molar-refractivity contribution is 7.91. The molecule has 0 aromatic heterocycles. The van der Waals surface area contributed by atoms with E-state index in [1.165, 1.54) is 18.2 Å². The average molecular weight is 295 g/mol. The Hall–Kier alpha value is -1.04. The van der Waals surface area contributed by atoms with Gasteiger partial charge in [-0.25, -0.2) is 13.2 Å². The molecular formula is C10H8Cl2O4S. The van der Waals surface area contributed by atoms with E-state index in [4.69, 9.17) is 28.3 Å². The molecule has 1 N–H and O–H groups in total. The van der Waals surface area contributed by atoms with Gasteiger partial charge in [-0.15, -0.1) is 0 Å². The van der Waals surface area contributed by atoms with Gasteiger partial charge in [0.15, 0.2) is 9.84 Å². The minimum Gasteiger partial charge on any atom is -0.478 e. The Labute approximate surface area is 108 Å². The van der Waals surface area contributed by atoms with Crippen LogP contribution in [0.5, 0.6) is 0 Å². The van der Waals surface area contributed by atoms with Crippen molar-refractivity contribution < 1.29 is 18.3 Å². The van der Waals surface area contributed by atoms with Gasteiger partial charge in [0.2, 0.25) is 0 Å². The first kappa shape index (κ1) is 14.0. The third-order valence-corrected chi connectivity index (χ3v) is 4.18. The summed E-state index contributed by atoms with van der Waals surface area (Å²) in [6.07, 6.45) is 1.24. The van der Waals surface area contributed by atoms with E-state index in [2.05, 4.69) is 0 Å². The lowest BCUT2D eigenvalue weighted by Gasteiger charge is -2.05. The van der Waals surface area contributed by atoms with E-state index in [1.807, 2.05) is 0 Å². The number of hydrogen-bond donors (Lipinski definition) is 1. The van der Waals surface area contributed by atoms with Crippen molar-refractivity contribution in [1.82, 2.24) is 0 Å². The van der Waals surface area contributed by atoms with Gasteiger partial charge >= 0.3 is 5.97 Å². The van der Waals surface area contributed by atoms with Crippen molar-refractivity contribution in [3.63, 3.8) is 0 Å². The monoisotopic (exact) mass is 294 g/mol. The van der Waals surface area contributed by atoms with E-state index < -0.39 is 15.8 Å². The minimum atomic E-state index is -3.68. The Kier molecular flexibility index (Phi) is 4.56. The van der Waals surface area contributed by atoms with Gasteiger partial charge in [0.25, 0.3) is 0 Å². The summed E-state index contributed by atoms with van der Waals surface area (Å²) in [6, 6.07) is 3.51. The molecule has 0 unspecified atom stereocenters. The van der Waals surface area contributed by atoms with Gasteiger partial charge in [0.1, 0.15) is 0 Å². The van der Waals surface area contributed by atoms with Crippen LogP contribution in [0.3, 0.4) is 0 Å². The molecule has 1 rings (SSSR count). The summed E-state index contributed by atoms with van der Waals surface area (Å²) in [5.74, 6) is -1.55. The second-order valence-electron chi connectivity index (χ2n) is 3.09. The van der Waals surface area contributed by atoms with Crippen molar-refractivity contribution in [1.29, 1.82) is 0 Å². The largest absolute Gasteiger partial charge is 0.478 e. The van der Waals surface area contributed by atoms with Crippen LogP contribution in [-0.2, 0) is 9.84 Å². The lowest BCUT2D eigenvalue weighted by atomic mass is 10.2. The average Bonchev–Trinajstić information content (AvgIpc) is 2.26. The Morgan fingerprint density at radius 3 is 2.59 bits per heavy atom. The van der Waals surface area contributed by atoms with E-state index in [-0.39, 0.29) is 21.2 Å². The molecule has 0 saturated heterocycles. The maximum atomic E-state index is 11.8. The smallest absolute Gasteiger partial charge is 0.335 e. The molecule has 17 heavy (non-hydrogen) atoms. The normalized spacial score (nSPS) is 11.9. The van der Waals surface area contributed by atoms with E-state index in [9.17, 15) is 13.2 Å². The zero-order chi connectivity index (χ0) is 13.1. The number of carboxylic acids is 1. The van der Waals surface area contributed by atoms with Crippen molar-refractivity contribution in [2.75, 3.05) is 5.75 Å². The molecule has 92 valence electrons. The number of carbonyl (C=O) groups is 1. The fraction of sp³-hybridized carbons (Fsp3) is 0.100. The third-order valence-electron chi connectivity index (χ3n) is 1.92. The highest BCUT2D eigenvalue weighted by Crippen LogP contribution is 2.24. The number of rotatable bonds is 4. The summed E-state index contributed by atoms with van der Waals surface area (Å²) in [5.41, 5.74) is 0.940. The highest BCUT2D eigenvalue weighted by Gasteiger charge is 2.18. The van der Waals surface area contributed by atoms with Crippen molar-refractivity contribution in [2.45, 2.75) is 4.90 Å². The van der Waals surface area contributed by atoms with Crippen LogP contribution in [0.25, 0.3) is 0 Å². The van der Waals surface area contributed by atoms with Crippen LogP contribution in [0.1, 0.15) is 10.4 Å². The van der Waals surface area contributed by atoms with Crippen molar-refractivity contribution in [3.05, 3.63) is 40.4 Å². The molecule has 0 aliphatic carbocycles. The molecule has 0 spiro atoms. The summed E-state index contributed by atoms with van der Waals surface area (Å²) in [6.45, 7) is 0.